The summed E-state index contributed by atoms with van der Waals surface area (Å²) in [5.41, 5.74) is 4.23. The highest BCUT2D eigenvalue weighted by atomic mass is 16.5. The Bertz CT molecular complexity index is 620. The van der Waals surface area contributed by atoms with Gasteiger partial charge in [-0.05, 0) is 64.8 Å². The first-order valence-electron chi connectivity index (χ1n) is 8.79. The van der Waals surface area contributed by atoms with Gasteiger partial charge in [-0.2, -0.15) is 0 Å². The van der Waals surface area contributed by atoms with Crippen LogP contribution in [-0.2, 0) is 9.53 Å². The zero-order chi connectivity index (χ0) is 17.7. The van der Waals surface area contributed by atoms with Gasteiger partial charge in [0.2, 0.25) is 5.91 Å². The topological polar surface area (TPSA) is 41.6 Å². The van der Waals surface area contributed by atoms with Crippen LogP contribution >= 0.6 is 0 Å². The van der Waals surface area contributed by atoms with E-state index >= 15 is 0 Å². The molecule has 1 aliphatic heterocycles. The van der Waals surface area contributed by atoms with Crippen molar-refractivity contribution in [2.75, 3.05) is 31.2 Å². The summed E-state index contributed by atoms with van der Waals surface area (Å²) < 4.78 is 5.32. The van der Waals surface area contributed by atoms with Gasteiger partial charge in [-0.25, -0.2) is 0 Å². The summed E-state index contributed by atoms with van der Waals surface area (Å²) in [7, 11) is 0. The number of carbonyl (C=O) groups is 1. The number of ether oxygens (including phenoxy) is 1. The number of fused-ring (bicyclic) bond motifs is 1. The lowest BCUT2D eigenvalue weighted by molar-refractivity contribution is -0.118. The number of aryl methyl sites for hydroxylation is 1. The van der Waals surface area contributed by atoms with E-state index in [0.29, 0.717) is 6.54 Å². The molecule has 132 valence electrons. The van der Waals surface area contributed by atoms with Crippen molar-refractivity contribution in [1.82, 2.24) is 5.32 Å². The second-order valence-corrected chi connectivity index (χ2v) is 6.96. The van der Waals surface area contributed by atoms with Crippen molar-refractivity contribution in [3.63, 3.8) is 0 Å². The van der Waals surface area contributed by atoms with E-state index < -0.39 is 0 Å². The maximum Gasteiger partial charge on any atom is 0.241 e. The highest BCUT2D eigenvalue weighted by Crippen LogP contribution is 2.39. The van der Waals surface area contributed by atoms with Crippen LogP contribution in [0.1, 0.15) is 45.2 Å². The Balaban J connectivity index is 2.10. The molecule has 0 aliphatic carbocycles. The summed E-state index contributed by atoms with van der Waals surface area (Å²) in [5.74, 6) is 0.104. The van der Waals surface area contributed by atoms with Crippen LogP contribution in [0.5, 0.6) is 0 Å². The van der Waals surface area contributed by atoms with Crippen LogP contribution in [0.25, 0.3) is 5.57 Å². The third-order valence-electron chi connectivity index (χ3n) is 4.34. The molecule has 4 heteroatoms. The van der Waals surface area contributed by atoms with Gasteiger partial charge in [-0.3, -0.25) is 4.79 Å². The molecule has 4 nitrogen and oxygen atoms in total. The molecule has 24 heavy (non-hydrogen) atoms. The Morgan fingerprint density at radius 3 is 2.75 bits per heavy atom. The Morgan fingerprint density at radius 1 is 1.29 bits per heavy atom. The van der Waals surface area contributed by atoms with Crippen LogP contribution in [0, 0.1) is 6.92 Å². The number of nitrogens with one attached hydrogen (secondary N) is 1. The van der Waals surface area contributed by atoms with Gasteiger partial charge in [-0.15, -0.1) is 0 Å². The fourth-order valence-corrected chi connectivity index (χ4v) is 3.32. The van der Waals surface area contributed by atoms with Crippen molar-refractivity contribution in [3.05, 3.63) is 35.4 Å². The number of amides is 1. The smallest absolute Gasteiger partial charge is 0.241 e. The fourth-order valence-electron chi connectivity index (χ4n) is 3.32. The number of benzene rings is 1. The van der Waals surface area contributed by atoms with Crippen molar-refractivity contribution >= 4 is 17.2 Å². The quantitative estimate of drug-likeness (QED) is 0.778. The Labute approximate surface area is 145 Å². The molecule has 0 atom stereocenters. The molecule has 2 rings (SSSR count). The monoisotopic (exact) mass is 330 g/mol. The fraction of sp³-hybridized carbons (Fsp3) is 0.550. The molecular weight excluding hydrogens is 300 g/mol. The first-order chi connectivity index (χ1) is 11.4. The lowest BCUT2D eigenvalue weighted by Gasteiger charge is -2.41. The van der Waals surface area contributed by atoms with E-state index in [1.54, 1.807) is 0 Å². The van der Waals surface area contributed by atoms with E-state index in [1.807, 2.05) is 11.8 Å². The molecule has 1 aliphatic rings. The maximum atomic E-state index is 12.9. The first kappa shape index (κ1) is 18.7. The number of carbonyl (C=O) groups excluding carboxylic acids is 1. The predicted octanol–water partition coefficient (Wildman–Crippen LogP) is 3.54. The van der Waals surface area contributed by atoms with E-state index in [9.17, 15) is 4.79 Å². The Hall–Kier alpha value is -1.65. The van der Waals surface area contributed by atoms with Crippen LogP contribution in [0.2, 0.25) is 0 Å². The summed E-state index contributed by atoms with van der Waals surface area (Å²) in [4.78, 5) is 14.8. The number of rotatable bonds is 7. The molecule has 0 saturated heterocycles. The standard InChI is InChI=1S/C20H30N2O2/c1-6-24-11-7-10-21-14-19(23)22-18-12-15(2)8-9-17(18)16(3)13-20(22,4)5/h8-9,12-13,21H,6-7,10-11,14H2,1-5H3. The number of allylic oxidation sites excluding steroid dienone is 1. The summed E-state index contributed by atoms with van der Waals surface area (Å²) in [6, 6.07) is 6.32. The van der Waals surface area contributed by atoms with Crippen molar-refractivity contribution < 1.29 is 9.53 Å². The minimum Gasteiger partial charge on any atom is -0.382 e. The maximum absolute atomic E-state index is 12.9. The predicted molar refractivity (Wildman–Crippen MR) is 100 cm³/mol. The van der Waals surface area contributed by atoms with Gasteiger partial charge in [0, 0.05) is 18.8 Å². The van der Waals surface area contributed by atoms with Crippen LogP contribution in [0.15, 0.2) is 24.3 Å². The van der Waals surface area contributed by atoms with Gasteiger partial charge < -0.3 is 15.0 Å². The zero-order valence-electron chi connectivity index (χ0n) is 15.6. The summed E-state index contributed by atoms with van der Waals surface area (Å²) in [6.07, 6.45) is 3.09. The van der Waals surface area contributed by atoms with Crippen LogP contribution in [0.4, 0.5) is 5.69 Å². The third kappa shape index (κ3) is 4.25. The minimum atomic E-state index is -0.324. The summed E-state index contributed by atoms with van der Waals surface area (Å²) >= 11 is 0. The van der Waals surface area contributed by atoms with E-state index in [2.05, 4.69) is 57.3 Å². The molecule has 0 bridgehead atoms. The normalized spacial score (nSPS) is 15.9. The molecule has 1 heterocycles. The lowest BCUT2D eigenvalue weighted by atomic mass is 9.88. The van der Waals surface area contributed by atoms with Crippen LogP contribution < -0.4 is 10.2 Å². The van der Waals surface area contributed by atoms with E-state index in [1.165, 1.54) is 11.1 Å². The van der Waals surface area contributed by atoms with Gasteiger partial charge >= 0.3 is 0 Å². The molecule has 1 aromatic carbocycles. The molecule has 0 unspecified atom stereocenters. The Kier molecular flexibility index (Phi) is 6.19. The van der Waals surface area contributed by atoms with Crippen molar-refractivity contribution in [1.29, 1.82) is 0 Å². The second kappa shape index (κ2) is 7.95. The average Bonchev–Trinajstić information content (AvgIpc) is 2.49. The van der Waals surface area contributed by atoms with Crippen molar-refractivity contribution in [2.45, 2.75) is 46.6 Å². The summed E-state index contributed by atoms with van der Waals surface area (Å²) in [5, 5.41) is 3.24. The van der Waals surface area contributed by atoms with Gasteiger partial charge in [0.15, 0.2) is 0 Å². The molecule has 0 radical (unpaired) electrons. The minimum absolute atomic E-state index is 0.104. The van der Waals surface area contributed by atoms with Gasteiger partial charge in [0.1, 0.15) is 0 Å². The number of hydrogen-bond acceptors (Lipinski definition) is 3. The van der Waals surface area contributed by atoms with Crippen molar-refractivity contribution in [2.24, 2.45) is 0 Å². The SMILES string of the molecule is CCOCCCNCC(=O)N1c2cc(C)ccc2C(C)=CC1(C)C. The highest BCUT2D eigenvalue weighted by Gasteiger charge is 2.35. The molecule has 1 N–H and O–H groups in total. The molecule has 0 saturated carbocycles. The molecule has 1 aromatic rings. The van der Waals surface area contributed by atoms with E-state index in [0.717, 1.165) is 37.4 Å². The second-order valence-electron chi connectivity index (χ2n) is 6.96. The zero-order valence-corrected chi connectivity index (χ0v) is 15.6. The molecule has 0 fully saturated rings. The van der Waals surface area contributed by atoms with Crippen LogP contribution in [0.3, 0.4) is 0 Å². The average molecular weight is 330 g/mol. The van der Waals surface area contributed by atoms with Gasteiger partial charge in [0.25, 0.3) is 0 Å². The van der Waals surface area contributed by atoms with E-state index in [4.69, 9.17) is 4.74 Å². The Morgan fingerprint density at radius 2 is 2.04 bits per heavy atom. The third-order valence-corrected chi connectivity index (χ3v) is 4.34. The molecule has 1 amide bonds. The van der Waals surface area contributed by atoms with Crippen LogP contribution in [-0.4, -0.2) is 37.7 Å². The van der Waals surface area contributed by atoms with Gasteiger partial charge in [0.05, 0.1) is 17.8 Å². The number of anilines is 1. The highest BCUT2D eigenvalue weighted by molar-refractivity contribution is 6.01. The molecule has 0 aromatic heterocycles. The molecule has 0 spiro atoms. The first-order valence-corrected chi connectivity index (χ1v) is 8.79. The van der Waals surface area contributed by atoms with E-state index in [-0.39, 0.29) is 11.4 Å². The number of hydrogen-bond donors (Lipinski definition) is 1. The largest absolute Gasteiger partial charge is 0.382 e. The van der Waals surface area contributed by atoms with Crippen molar-refractivity contribution in [3.8, 4) is 0 Å². The molecular formula is C20H30N2O2. The van der Waals surface area contributed by atoms with Gasteiger partial charge in [-0.1, -0.05) is 18.2 Å². The number of nitrogens with zero attached hydrogens (tertiary/aromatic N) is 1. The lowest BCUT2D eigenvalue weighted by Crippen LogP contribution is -2.51. The summed E-state index contributed by atoms with van der Waals surface area (Å²) in [6.45, 7) is 13.0.